The Balaban J connectivity index is 1.73. The van der Waals surface area contributed by atoms with E-state index in [0.717, 1.165) is 11.1 Å². The Labute approximate surface area is 127 Å². The Kier molecular flexibility index (Phi) is 3.70. The minimum absolute atomic E-state index is 0.0620. The number of carbonyl (C=O) groups excluding carboxylic acids is 2. The van der Waals surface area contributed by atoms with Crippen molar-refractivity contribution in [2.75, 3.05) is 18.0 Å². The molecule has 0 spiro atoms. The minimum Gasteiger partial charge on any atom is -0.442 e. The topological polar surface area (TPSA) is 84.7 Å². The number of benzene rings is 1. The molecule has 7 nitrogen and oxygen atoms in total. The standard InChI is InChI=1S/C15H17N3O4/c1-3-14(19)16-7-11-8-18(15(20)21-11)10-4-5-12-9(2)17-22-13(12)6-10/h4-6,11H,3,7-8H2,1-2H3,(H,16,19)/t11-/m0/s1. The molecule has 0 bridgehead atoms. The molecule has 1 fully saturated rings. The summed E-state index contributed by atoms with van der Waals surface area (Å²) < 4.78 is 10.5. The number of nitrogens with one attached hydrogen (secondary N) is 1. The lowest BCUT2D eigenvalue weighted by Crippen LogP contribution is -2.34. The number of anilines is 1. The van der Waals surface area contributed by atoms with Crippen LogP contribution in [0.1, 0.15) is 19.0 Å². The van der Waals surface area contributed by atoms with Gasteiger partial charge in [-0.15, -0.1) is 0 Å². The second-order valence-corrected chi connectivity index (χ2v) is 5.22. The fraction of sp³-hybridized carbons (Fsp3) is 0.400. The molecule has 2 aromatic rings. The lowest BCUT2D eigenvalue weighted by Gasteiger charge is -2.12. The van der Waals surface area contributed by atoms with Crippen molar-refractivity contribution in [3.05, 3.63) is 23.9 Å². The van der Waals surface area contributed by atoms with Crippen LogP contribution in [0.4, 0.5) is 10.5 Å². The maximum Gasteiger partial charge on any atom is 0.414 e. The molecule has 2 heterocycles. The average Bonchev–Trinajstić information content (AvgIpc) is 3.08. The molecule has 0 saturated carbocycles. The van der Waals surface area contributed by atoms with Crippen LogP contribution in [0.3, 0.4) is 0 Å². The van der Waals surface area contributed by atoms with Gasteiger partial charge in [-0.05, 0) is 19.1 Å². The molecular formula is C15H17N3O4. The number of aromatic nitrogens is 1. The van der Waals surface area contributed by atoms with Gasteiger partial charge < -0.3 is 14.6 Å². The van der Waals surface area contributed by atoms with Crippen molar-refractivity contribution in [3.8, 4) is 0 Å². The number of cyclic esters (lactones) is 1. The first kappa shape index (κ1) is 14.4. The first-order chi connectivity index (χ1) is 10.6. The van der Waals surface area contributed by atoms with E-state index in [1.807, 2.05) is 19.1 Å². The molecule has 116 valence electrons. The zero-order chi connectivity index (χ0) is 15.7. The van der Waals surface area contributed by atoms with E-state index in [2.05, 4.69) is 10.5 Å². The highest BCUT2D eigenvalue weighted by Gasteiger charge is 2.32. The van der Waals surface area contributed by atoms with Gasteiger partial charge in [-0.3, -0.25) is 9.69 Å². The molecule has 1 aliphatic rings. The monoisotopic (exact) mass is 303 g/mol. The van der Waals surface area contributed by atoms with Gasteiger partial charge >= 0.3 is 6.09 Å². The average molecular weight is 303 g/mol. The third-order valence-corrected chi connectivity index (χ3v) is 3.67. The number of hydrogen-bond donors (Lipinski definition) is 1. The van der Waals surface area contributed by atoms with Crippen molar-refractivity contribution in [2.24, 2.45) is 0 Å². The first-order valence-corrected chi connectivity index (χ1v) is 7.19. The number of rotatable bonds is 4. The first-order valence-electron chi connectivity index (χ1n) is 7.19. The van der Waals surface area contributed by atoms with Gasteiger partial charge in [-0.25, -0.2) is 4.79 Å². The minimum atomic E-state index is -0.425. The Morgan fingerprint density at radius 2 is 2.32 bits per heavy atom. The summed E-state index contributed by atoms with van der Waals surface area (Å²) in [4.78, 5) is 24.8. The van der Waals surface area contributed by atoms with E-state index in [1.165, 1.54) is 4.90 Å². The molecule has 0 unspecified atom stereocenters. The van der Waals surface area contributed by atoms with E-state index in [9.17, 15) is 9.59 Å². The van der Waals surface area contributed by atoms with Crippen molar-refractivity contribution in [2.45, 2.75) is 26.4 Å². The lowest BCUT2D eigenvalue weighted by molar-refractivity contribution is -0.121. The Morgan fingerprint density at radius 1 is 1.50 bits per heavy atom. The number of ether oxygens (including phenoxy) is 1. The number of amides is 2. The zero-order valence-corrected chi connectivity index (χ0v) is 12.5. The molecule has 22 heavy (non-hydrogen) atoms. The van der Waals surface area contributed by atoms with Crippen LogP contribution in [0, 0.1) is 6.92 Å². The quantitative estimate of drug-likeness (QED) is 0.933. The van der Waals surface area contributed by atoms with Crippen LogP contribution in [0.15, 0.2) is 22.7 Å². The largest absolute Gasteiger partial charge is 0.442 e. The predicted octanol–water partition coefficient (Wildman–Crippen LogP) is 1.99. The van der Waals surface area contributed by atoms with Gasteiger partial charge in [0.1, 0.15) is 6.10 Å². The Hall–Kier alpha value is -2.57. The number of fused-ring (bicyclic) bond motifs is 1. The van der Waals surface area contributed by atoms with Crippen molar-refractivity contribution in [1.29, 1.82) is 0 Å². The van der Waals surface area contributed by atoms with E-state index >= 15 is 0 Å². The van der Waals surface area contributed by atoms with Crippen LogP contribution in [0.2, 0.25) is 0 Å². The molecule has 1 saturated heterocycles. The highest BCUT2D eigenvalue weighted by molar-refractivity contribution is 5.93. The van der Waals surface area contributed by atoms with Gasteiger partial charge in [-0.2, -0.15) is 0 Å². The SMILES string of the molecule is CCC(=O)NC[C@H]1CN(c2ccc3c(C)noc3c2)C(=O)O1. The summed E-state index contributed by atoms with van der Waals surface area (Å²) in [5, 5.41) is 7.55. The van der Waals surface area contributed by atoms with Gasteiger partial charge in [0, 0.05) is 17.9 Å². The molecule has 1 aromatic heterocycles. The normalized spacial score (nSPS) is 17.8. The van der Waals surface area contributed by atoms with E-state index < -0.39 is 6.09 Å². The molecule has 1 N–H and O–H groups in total. The van der Waals surface area contributed by atoms with Crippen LogP contribution in [0.25, 0.3) is 11.0 Å². The Morgan fingerprint density at radius 3 is 3.09 bits per heavy atom. The fourth-order valence-corrected chi connectivity index (χ4v) is 2.41. The second kappa shape index (κ2) is 5.67. The van der Waals surface area contributed by atoms with E-state index in [4.69, 9.17) is 9.26 Å². The Bertz CT molecular complexity index is 725. The number of aryl methyl sites for hydroxylation is 1. The maximum absolute atomic E-state index is 12.0. The summed E-state index contributed by atoms with van der Waals surface area (Å²) in [7, 11) is 0. The van der Waals surface area contributed by atoms with Crippen LogP contribution in [0.5, 0.6) is 0 Å². The second-order valence-electron chi connectivity index (χ2n) is 5.22. The third-order valence-electron chi connectivity index (χ3n) is 3.67. The highest BCUT2D eigenvalue weighted by Crippen LogP contribution is 2.27. The van der Waals surface area contributed by atoms with Crippen molar-refractivity contribution >= 4 is 28.7 Å². The van der Waals surface area contributed by atoms with Crippen molar-refractivity contribution in [1.82, 2.24) is 10.5 Å². The van der Waals surface area contributed by atoms with E-state index in [0.29, 0.717) is 30.8 Å². The summed E-state index contributed by atoms with van der Waals surface area (Å²) in [5.41, 5.74) is 2.13. The molecule has 1 atom stereocenters. The van der Waals surface area contributed by atoms with Crippen LogP contribution in [-0.2, 0) is 9.53 Å². The number of carbonyl (C=O) groups is 2. The van der Waals surface area contributed by atoms with Crippen LogP contribution < -0.4 is 10.2 Å². The summed E-state index contributed by atoms with van der Waals surface area (Å²) in [6, 6.07) is 5.47. The van der Waals surface area contributed by atoms with Gasteiger partial charge in [-0.1, -0.05) is 12.1 Å². The van der Waals surface area contributed by atoms with E-state index in [-0.39, 0.29) is 12.0 Å². The predicted molar refractivity (Wildman–Crippen MR) is 79.7 cm³/mol. The third kappa shape index (κ3) is 2.61. The number of nitrogens with zero attached hydrogens (tertiary/aromatic N) is 2. The molecule has 3 rings (SSSR count). The highest BCUT2D eigenvalue weighted by atomic mass is 16.6. The summed E-state index contributed by atoms with van der Waals surface area (Å²) in [6.45, 7) is 4.35. The maximum atomic E-state index is 12.0. The number of hydrogen-bond acceptors (Lipinski definition) is 5. The van der Waals surface area contributed by atoms with Gasteiger partial charge in [0.2, 0.25) is 5.91 Å². The summed E-state index contributed by atoms with van der Waals surface area (Å²) >= 11 is 0. The van der Waals surface area contributed by atoms with Crippen molar-refractivity contribution in [3.63, 3.8) is 0 Å². The molecule has 0 radical (unpaired) electrons. The molecule has 2 amide bonds. The molecule has 0 aliphatic carbocycles. The molecule has 1 aromatic carbocycles. The van der Waals surface area contributed by atoms with E-state index in [1.54, 1.807) is 13.0 Å². The van der Waals surface area contributed by atoms with Crippen LogP contribution in [-0.4, -0.2) is 36.4 Å². The van der Waals surface area contributed by atoms with Gasteiger partial charge in [0.05, 0.1) is 24.5 Å². The van der Waals surface area contributed by atoms with Crippen LogP contribution >= 0.6 is 0 Å². The molecule has 1 aliphatic heterocycles. The molecular weight excluding hydrogens is 286 g/mol. The zero-order valence-electron chi connectivity index (χ0n) is 12.5. The lowest BCUT2D eigenvalue weighted by atomic mass is 10.2. The van der Waals surface area contributed by atoms with Gasteiger partial charge in [0.25, 0.3) is 0 Å². The van der Waals surface area contributed by atoms with Crippen molar-refractivity contribution < 1.29 is 18.8 Å². The fourth-order valence-electron chi connectivity index (χ4n) is 2.41. The molecule has 7 heteroatoms. The van der Waals surface area contributed by atoms with Gasteiger partial charge in [0.15, 0.2) is 5.58 Å². The summed E-state index contributed by atoms with van der Waals surface area (Å²) in [5.74, 6) is -0.0620. The smallest absolute Gasteiger partial charge is 0.414 e. The summed E-state index contributed by atoms with van der Waals surface area (Å²) in [6.07, 6.45) is -0.368.